The second-order valence-electron chi connectivity index (χ2n) is 3.54. The second-order valence-corrected chi connectivity index (χ2v) is 3.54. The van der Waals surface area contributed by atoms with Crippen LogP contribution < -0.4 is 5.32 Å². The number of nitrogens with one attached hydrogen (secondary N) is 1. The van der Waals surface area contributed by atoms with Crippen molar-refractivity contribution in [2.45, 2.75) is 6.42 Å². The van der Waals surface area contributed by atoms with Gasteiger partial charge in [0.2, 0.25) is 5.91 Å². The Balaban J connectivity index is 0. The summed E-state index contributed by atoms with van der Waals surface area (Å²) >= 11 is 0. The van der Waals surface area contributed by atoms with E-state index in [1.165, 1.54) is 0 Å². The predicted octanol–water partition coefficient (Wildman–Crippen LogP) is 0.213. The zero-order chi connectivity index (χ0) is 9.68. The number of amides is 1. The summed E-state index contributed by atoms with van der Waals surface area (Å²) < 4.78 is 0. The molecule has 1 heterocycles. The Bertz CT molecular complexity index is 173. The fourth-order valence-electron chi connectivity index (χ4n) is 1.45. The maximum Gasteiger partial charge on any atom is 0.223 e. The molecule has 0 unspecified atom stereocenters. The molecule has 6 heteroatoms. The summed E-state index contributed by atoms with van der Waals surface area (Å²) in [4.78, 5) is 15.7. The normalized spacial score (nSPS) is 16.5. The van der Waals surface area contributed by atoms with Gasteiger partial charge >= 0.3 is 0 Å². The molecule has 1 saturated heterocycles. The van der Waals surface area contributed by atoms with Gasteiger partial charge in [0, 0.05) is 39.1 Å². The molecule has 0 aromatic rings. The third-order valence-corrected chi connectivity index (χ3v) is 2.44. The third kappa shape index (κ3) is 6.20. The fourth-order valence-corrected chi connectivity index (χ4v) is 1.45. The van der Waals surface area contributed by atoms with Crippen LogP contribution in [0.1, 0.15) is 6.42 Å². The van der Waals surface area contributed by atoms with Gasteiger partial charge < -0.3 is 15.1 Å². The highest BCUT2D eigenvalue weighted by molar-refractivity contribution is 5.85. The third-order valence-electron chi connectivity index (χ3n) is 2.44. The molecular weight excluding hydrogens is 237 g/mol. The molecular formula is C9H21Cl2N3O. The lowest BCUT2D eigenvalue weighted by molar-refractivity contribution is -0.132. The first kappa shape index (κ1) is 17.4. The van der Waals surface area contributed by atoms with Crippen LogP contribution >= 0.6 is 24.8 Å². The van der Waals surface area contributed by atoms with E-state index in [4.69, 9.17) is 0 Å². The van der Waals surface area contributed by atoms with E-state index in [2.05, 4.69) is 17.3 Å². The van der Waals surface area contributed by atoms with E-state index in [0.717, 1.165) is 32.7 Å². The van der Waals surface area contributed by atoms with Crippen LogP contribution in [0.4, 0.5) is 0 Å². The van der Waals surface area contributed by atoms with Gasteiger partial charge in [-0.2, -0.15) is 0 Å². The molecule has 1 aliphatic rings. The number of carbonyl (C=O) groups is 1. The fraction of sp³-hybridized carbons (Fsp3) is 0.889. The Labute approximate surface area is 104 Å². The van der Waals surface area contributed by atoms with Crippen molar-refractivity contribution in [1.29, 1.82) is 0 Å². The minimum Gasteiger partial charge on any atom is -0.340 e. The minimum atomic E-state index is 0. The topological polar surface area (TPSA) is 35.6 Å². The molecule has 0 radical (unpaired) electrons. The van der Waals surface area contributed by atoms with Gasteiger partial charge in [0.15, 0.2) is 0 Å². The zero-order valence-corrected chi connectivity index (χ0v) is 11.0. The second kappa shape index (κ2) is 9.21. The van der Waals surface area contributed by atoms with Crippen LogP contribution in [0.2, 0.25) is 0 Å². The molecule has 4 nitrogen and oxygen atoms in total. The number of nitrogens with zero attached hydrogens (tertiary/aromatic N) is 2. The van der Waals surface area contributed by atoms with Crippen molar-refractivity contribution < 1.29 is 4.79 Å². The molecule has 0 saturated carbocycles. The van der Waals surface area contributed by atoms with E-state index < -0.39 is 0 Å². The number of hydrogen-bond acceptors (Lipinski definition) is 3. The Morgan fingerprint density at radius 1 is 1.20 bits per heavy atom. The van der Waals surface area contributed by atoms with Gasteiger partial charge in [-0.25, -0.2) is 0 Å². The van der Waals surface area contributed by atoms with Gasteiger partial charge in [0.05, 0.1) is 0 Å². The van der Waals surface area contributed by atoms with Crippen LogP contribution in [0.3, 0.4) is 0 Å². The van der Waals surface area contributed by atoms with Crippen molar-refractivity contribution in [3.8, 4) is 0 Å². The molecule has 0 bridgehead atoms. The number of likely N-dealkylation sites (N-methyl/N-ethyl adjacent to an activating group) is 1. The summed E-state index contributed by atoms with van der Waals surface area (Å²) in [5.41, 5.74) is 0. The maximum atomic E-state index is 11.5. The Morgan fingerprint density at radius 3 is 2.20 bits per heavy atom. The van der Waals surface area contributed by atoms with Gasteiger partial charge in [-0.3, -0.25) is 4.79 Å². The minimum absolute atomic E-state index is 0. The summed E-state index contributed by atoms with van der Waals surface area (Å²) in [5, 5.41) is 2.99. The van der Waals surface area contributed by atoms with E-state index in [9.17, 15) is 4.79 Å². The molecule has 0 spiro atoms. The standard InChI is InChI=1S/C9H19N3O.2ClH/c1-10-4-3-9(13)12-7-5-11(2)6-8-12;;/h10H,3-8H2,1-2H3;2*1H. The number of hydrogen-bond donors (Lipinski definition) is 1. The van der Waals surface area contributed by atoms with Gasteiger partial charge in [0.25, 0.3) is 0 Å². The maximum absolute atomic E-state index is 11.5. The van der Waals surface area contributed by atoms with E-state index >= 15 is 0 Å². The van der Waals surface area contributed by atoms with E-state index in [0.29, 0.717) is 6.42 Å². The summed E-state index contributed by atoms with van der Waals surface area (Å²) in [6, 6.07) is 0. The van der Waals surface area contributed by atoms with E-state index in [1.807, 2.05) is 11.9 Å². The highest BCUT2D eigenvalue weighted by Crippen LogP contribution is 2.00. The molecule has 0 atom stereocenters. The lowest BCUT2D eigenvalue weighted by Crippen LogP contribution is -2.47. The Hall–Kier alpha value is -0.0300. The first-order valence-corrected chi connectivity index (χ1v) is 4.85. The van der Waals surface area contributed by atoms with Gasteiger partial charge in [0.1, 0.15) is 0 Å². The number of carbonyl (C=O) groups excluding carboxylic acids is 1. The van der Waals surface area contributed by atoms with Crippen LogP contribution in [0.15, 0.2) is 0 Å². The average molecular weight is 258 g/mol. The van der Waals surface area contributed by atoms with Crippen LogP contribution in [-0.4, -0.2) is 62.5 Å². The van der Waals surface area contributed by atoms with Crippen LogP contribution in [-0.2, 0) is 4.79 Å². The molecule has 1 N–H and O–H groups in total. The van der Waals surface area contributed by atoms with Crippen molar-refractivity contribution >= 4 is 30.7 Å². The first-order chi connectivity index (χ1) is 6.24. The van der Waals surface area contributed by atoms with Gasteiger partial charge in [-0.05, 0) is 14.1 Å². The number of halogens is 2. The molecule has 0 aliphatic carbocycles. The molecule has 15 heavy (non-hydrogen) atoms. The van der Waals surface area contributed by atoms with Crippen LogP contribution in [0, 0.1) is 0 Å². The molecule has 1 rings (SSSR count). The lowest BCUT2D eigenvalue weighted by atomic mass is 10.3. The summed E-state index contributed by atoms with van der Waals surface area (Å²) in [6.07, 6.45) is 0.625. The van der Waals surface area contributed by atoms with Crippen molar-refractivity contribution in [1.82, 2.24) is 15.1 Å². The van der Waals surface area contributed by atoms with Gasteiger partial charge in [-0.1, -0.05) is 0 Å². The SMILES string of the molecule is CNCCC(=O)N1CCN(C)CC1.Cl.Cl. The zero-order valence-electron chi connectivity index (χ0n) is 9.36. The number of rotatable bonds is 3. The van der Waals surface area contributed by atoms with Gasteiger partial charge in [-0.15, -0.1) is 24.8 Å². The monoisotopic (exact) mass is 257 g/mol. The van der Waals surface area contributed by atoms with Crippen molar-refractivity contribution in [3.05, 3.63) is 0 Å². The highest BCUT2D eigenvalue weighted by atomic mass is 35.5. The van der Waals surface area contributed by atoms with E-state index in [1.54, 1.807) is 0 Å². The average Bonchev–Trinajstić information content (AvgIpc) is 2.15. The molecule has 1 aliphatic heterocycles. The number of piperazine rings is 1. The molecule has 92 valence electrons. The van der Waals surface area contributed by atoms with Crippen molar-refractivity contribution in [2.75, 3.05) is 46.8 Å². The first-order valence-electron chi connectivity index (χ1n) is 4.85. The largest absolute Gasteiger partial charge is 0.340 e. The Morgan fingerprint density at radius 2 is 1.73 bits per heavy atom. The summed E-state index contributed by atoms with van der Waals surface area (Å²) in [7, 11) is 3.96. The van der Waals surface area contributed by atoms with Crippen molar-refractivity contribution in [3.63, 3.8) is 0 Å². The molecule has 1 fully saturated rings. The quantitative estimate of drug-likeness (QED) is 0.786. The molecule has 0 aromatic carbocycles. The molecule has 0 aromatic heterocycles. The van der Waals surface area contributed by atoms with Crippen LogP contribution in [0.5, 0.6) is 0 Å². The van der Waals surface area contributed by atoms with Crippen molar-refractivity contribution in [2.24, 2.45) is 0 Å². The van der Waals surface area contributed by atoms with Crippen LogP contribution in [0.25, 0.3) is 0 Å². The lowest BCUT2D eigenvalue weighted by Gasteiger charge is -2.32. The smallest absolute Gasteiger partial charge is 0.223 e. The Kier molecular flexibility index (Phi) is 10.7. The summed E-state index contributed by atoms with van der Waals surface area (Å²) in [5.74, 6) is 0.280. The molecule has 1 amide bonds. The highest BCUT2D eigenvalue weighted by Gasteiger charge is 2.17. The summed E-state index contributed by atoms with van der Waals surface area (Å²) in [6.45, 7) is 4.57. The predicted molar refractivity (Wildman–Crippen MR) is 67.1 cm³/mol. The van der Waals surface area contributed by atoms with E-state index in [-0.39, 0.29) is 30.7 Å².